The van der Waals surface area contributed by atoms with Crippen molar-refractivity contribution in [1.29, 1.82) is 0 Å². The van der Waals surface area contributed by atoms with E-state index in [4.69, 9.17) is 30.1 Å². The number of fused-ring (bicyclic) bond motifs is 8. The summed E-state index contributed by atoms with van der Waals surface area (Å²) in [4.78, 5) is 41.6. The molecule has 0 aliphatic carbocycles. The van der Waals surface area contributed by atoms with Gasteiger partial charge in [-0.25, -0.2) is 19.6 Å². The molecule has 8 bridgehead atoms. The van der Waals surface area contributed by atoms with Crippen molar-refractivity contribution in [1.82, 2.24) is 19.9 Å². The van der Waals surface area contributed by atoms with E-state index in [9.17, 15) is 9.59 Å². The number of hydrogen-bond donors (Lipinski definition) is 2. The molecule has 2 aliphatic rings. The van der Waals surface area contributed by atoms with Gasteiger partial charge in [0.2, 0.25) is 0 Å². The molecule has 0 saturated carbocycles. The molecule has 9 heteroatoms. The molecule has 0 spiro atoms. The summed E-state index contributed by atoms with van der Waals surface area (Å²) in [7, 11) is 0. The maximum absolute atomic E-state index is 10.2. The topological polar surface area (TPSA) is 129 Å². The van der Waals surface area contributed by atoms with E-state index < -0.39 is 11.9 Å². The van der Waals surface area contributed by atoms with Gasteiger partial charge < -0.3 is 20.2 Å². The Morgan fingerprint density at radius 2 is 0.522 bits per heavy atom. The van der Waals surface area contributed by atoms with Crippen molar-refractivity contribution >= 4 is 82.2 Å². The van der Waals surface area contributed by atoms with E-state index in [1.54, 1.807) is 60.7 Å². The fourth-order valence-electron chi connectivity index (χ4n) is 7.85. The van der Waals surface area contributed by atoms with Crippen molar-refractivity contribution in [2.75, 3.05) is 0 Å². The molecule has 320 valence electrons. The van der Waals surface area contributed by atoms with Gasteiger partial charge in [0.25, 0.3) is 0 Å². The Morgan fingerprint density at radius 3 is 0.716 bits per heavy atom. The molecule has 0 amide bonds. The predicted octanol–water partition coefficient (Wildman–Crippen LogP) is 13.0. The van der Waals surface area contributed by atoms with Gasteiger partial charge in [0.1, 0.15) is 0 Å². The molecule has 0 fully saturated rings. The standard InChI is InChI=1S/C44H28N4.2C7H6O2.Sn/c1-5-13-29(14-6-1)41-33-21-23-35(45-33)42(30-15-7-2-8-16-30)37-25-27-39(47-37)44(32-19-11-4-12-20-32)40-28-26-38(48-40)43(31-17-9-3-10-18-31)36-24-22-34(41)46-36;2*8-7(9)6-4-2-1-3-5-6;/h1-28H;2*1-5H,(H,8,9);/q-2;;;+2. The summed E-state index contributed by atoms with van der Waals surface area (Å²) in [6, 6.07) is 66.6. The van der Waals surface area contributed by atoms with E-state index >= 15 is 0 Å². The zero-order valence-electron chi connectivity index (χ0n) is 35.9. The Morgan fingerprint density at radius 1 is 0.313 bits per heavy atom. The first-order valence-corrected chi connectivity index (χ1v) is 21.3. The molecule has 11 rings (SSSR count). The van der Waals surface area contributed by atoms with E-state index in [0.29, 0.717) is 11.1 Å². The first kappa shape index (κ1) is 45.2. The molecular weight excluding hydrogens is 935 g/mol. The Hall–Kier alpha value is -8.34. The monoisotopic (exact) mass is 976 g/mol. The van der Waals surface area contributed by atoms with Crippen LogP contribution in [0.2, 0.25) is 0 Å². The van der Waals surface area contributed by atoms with Gasteiger partial charge >= 0.3 is 35.8 Å². The zero-order chi connectivity index (χ0) is 45.2. The molecular formula is C58H40N4O4Sn. The zero-order valence-corrected chi connectivity index (χ0v) is 38.8. The van der Waals surface area contributed by atoms with E-state index in [0.717, 1.165) is 89.4 Å². The maximum atomic E-state index is 10.2. The smallest absolute Gasteiger partial charge is 0.657 e. The molecule has 3 aromatic heterocycles. The van der Waals surface area contributed by atoms with Gasteiger partial charge in [-0.15, -0.1) is 22.1 Å². The molecule has 6 aromatic carbocycles. The fourth-order valence-corrected chi connectivity index (χ4v) is 7.85. The summed E-state index contributed by atoms with van der Waals surface area (Å²) < 4.78 is 0. The van der Waals surface area contributed by atoms with Crippen LogP contribution in [0.15, 0.2) is 206 Å². The minimum atomic E-state index is -0.879. The van der Waals surface area contributed by atoms with Crippen LogP contribution in [0.25, 0.3) is 90.9 Å². The molecule has 9 aromatic rings. The fraction of sp³-hybridized carbons (Fsp3) is 0. The van der Waals surface area contributed by atoms with Crippen LogP contribution in [0.4, 0.5) is 0 Å². The van der Waals surface area contributed by atoms with Crippen LogP contribution in [0, 0.1) is 0 Å². The SMILES string of the molecule is C1=Cc2nc1c(-c1ccccc1)c1ccc([n-]1)c(-c1ccccc1)c1nc(c(-c3ccccc3)c3ccc([n-]3)c2-c2ccccc2)C=C1.O=C(O)c1ccccc1.O=C(O)c1ccccc1.[Sn+2]. The van der Waals surface area contributed by atoms with E-state index in [-0.39, 0.29) is 23.9 Å². The molecule has 0 atom stereocenters. The Balaban J connectivity index is 0.000000268. The Kier molecular flexibility index (Phi) is 14.2. The largest absolute Gasteiger partial charge is 2.00 e. The first-order valence-electron chi connectivity index (χ1n) is 21.3. The van der Waals surface area contributed by atoms with Crippen molar-refractivity contribution in [2.24, 2.45) is 0 Å². The summed E-state index contributed by atoms with van der Waals surface area (Å²) in [5.74, 6) is -1.76. The second kappa shape index (κ2) is 21.1. The van der Waals surface area contributed by atoms with Crippen LogP contribution >= 0.6 is 0 Å². The third-order valence-corrected chi connectivity index (χ3v) is 10.9. The van der Waals surface area contributed by atoms with E-state index in [1.165, 1.54) is 0 Å². The van der Waals surface area contributed by atoms with Crippen molar-refractivity contribution in [3.8, 4) is 44.5 Å². The van der Waals surface area contributed by atoms with Crippen molar-refractivity contribution in [2.45, 2.75) is 0 Å². The number of carboxylic acids is 2. The summed E-state index contributed by atoms with van der Waals surface area (Å²) >= 11 is 0. The molecule has 0 unspecified atom stereocenters. The van der Waals surface area contributed by atoms with Gasteiger partial charge in [-0.3, -0.25) is 0 Å². The second-order valence-electron chi connectivity index (χ2n) is 15.2. The van der Waals surface area contributed by atoms with Gasteiger partial charge in [-0.05, 0) is 93.1 Å². The quantitative estimate of drug-likeness (QED) is 0.158. The van der Waals surface area contributed by atoms with Gasteiger partial charge in [0, 0.05) is 0 Å². The molecule has 0 saturated heterocycles. The summed E-state index contributed by atoms with van der Waals surface area (Å²) in [5.41, 5.74) is 15.7. The van der Waals surface area contributed by atoms with E-state index in [2.05, 4.69) is 146 Å². The summed E-state index contributed by atoms with van der Waals surface area (Å²) in [6.07, 6.45) is 8.41. The van der Waals surface area contributed by atoms with Crippen molar-refractivity contribution in [3.05, 3.63) is 240 Å². The number of hydrogen-bond acceptors (Lipinski definition) is 4. The predicted molar refractivity (Wildman–Crippen MR) is 271 cm³/mol. The minimum Gasteiger partial charge on any atom is -0.657 e. The minimum absolute atomic E-state index is 0. The average Bonchev–Trinajstić information content (AvgIpc) is 4.23. The number of aromatic nitrogens is 4. The van der Waals surface area contributed by atoms with Gasteiger partial charge in [0.05, 0.1) is 33.9 Å². The number of aromatic carboxylic acids is 2. The molecule has 8 nitrogen and oxygen atoms in total. The van der Waals surface area contributed by atoms with Gasteiger partial charge in [-0.1, -0.05) is 182 Å². The van der Waals surface area contributed by atoms with Crippen LogP contribution in [0.1, 0.15) is 43.5 Å². The second-order valence-corrected chi connectivity index (χ2v) is 15.2. The number of nitrogens with zero attached hydrogens (tertiary/aromatic N) is 4. The molecule has 2 radical (unpaired) electrons. The number of carbonyl (C=O) groups is 2. The Labute approximate surface area is 404 Å². The number of benzene rings is 6. The number of rotatable bonds is 6. The van der Waals surface area contributed by atoms with Gasteiger partial charge in [0.15, 0.2) is 0 Å². The third kappa shape index (κ3) is 10.3. The van der Waals surface area contributed by atoms with E-state index in [1.807, 2.05) is 24.3 Å². The van der Waals surface area contributed by atoms with Crippen LogP contribution in [-0.4, -0.2) is 56.0 Å². The van der Waals surface area contributed by atoms with Gasteiger partial charge in [-0.2, -0.15) is 0 Å². The summed E-state index contributed by atoms with van der Waals surface area (Å²) in [6.45, 7) is 0. The van der Waals surface area contributed by atoms with Crippen molar-refractivity contribution in [3.63, 3.8) is 0 Å². The Bertz CT molecular complexity index is 2990. The van der Waals surface area contributed by atoms with Crippen molar-refractivity contribution < 1.29 is 19.8 Å². The molecule has 67 heavy (non-hydrogen) atoms. The molecule has 5 heterocycles. The first-order chi connectivity index (χ1) is 32.4. The number of carboxylic acid groups (broad SMARTS) is 2. The van der Waals surface area contributed by atoms with Crippen LogP contribution in [0.5, 0.6) is 0 Å². The molecule has 2 aliphatic heterocycles. The van der Waals surface area contributed by atoms with Crippen LogP contribution in [0.3, 0.4) is 0 Å². The maximum Gasteiger partial charge on any atom is 2.00 e. The third-order valence-electron chi connectivity index (χ3n) is 10.9. The van der Waals surface area contributed by atoms with Crippen LogP contribution < -0.4 is 9.97 Å². The summed E-state index contributed by atoms with van der Waals surface area (Å²) in [5, 5.41) is 16.8. The van der Waals surface area contributed by atoms with Crippen LogP contribution in [-0.2, 0) is 0 Å². The molecule has 2 N–H and O–H groups in total. The average molecular weight is 976 g/mol. The normalized spacial score (nSPS) is 11.0.